The molecule has 0 bridgehead atoms. The van der Waals surface area contributed by atoms with Gasteiger partial charge in [0.2, 0.25) is 5.91 Å². The fourth-order valence-electron chi connectivity index (χ4n) is 2.15. The fraction of sp³-hybridized carbons (Fsp3) is 0.214. The highest BCUT2D eigenvalue weighted by Crippen LogP contribution is 2.28. The lowest BCUT2D eigenvalue weighted by atomic mass is 10.0. The molecule has 2 aromatic rings. The van der Waals surface area contributed by atoms with Crippen LogP contribution in [0.25, 0.3) is 10.9 Å². The molecular formula is C14H14N2O3. The Morgan fingerprint density at radius 2 is 1.89 bits per heavy atom. The minimum absolute atomic E-state index is 0.0822. The molecule has 5 nitrogen and oxygen atoms in total. The number of aromatic nitrogens is 1. The topological polar surface area (TPSA) is 79.3 Å². The van der Waals surface area contributed by atoms with Crippen LogP contribution in [0.1, 0.15) is 28.5 Å². The second-order valence-electron chi connectivity index (χ2n) is 4.52. The SMILES string of the molecule is CC(=O)Nc1cc(C(=O)O)nc2cc(C)cc(C)c12. The monoisotopic (exact) mass is 258 g/mol. The van der Waals surface area contributed by atoms with Crippen molar-refractivity contribution in [1.29, 1.82) is 0 Å². The number of nitrogens with one attached hydrogen (secondary N) is 1. The van der Waals surface area contributed by atoms with E-state index in [1.54, 1.807) is 6.07 Å². The van der Waals surface area contributed by atoms with Crippen molar-refractivity contribution in [2.24, 2.45) is 0 Å². The molecule has 19 heavy (non-hydrogen) atoms. The molecule has 1 aromatic carbocycles. The molecule has 0 fully saturated rings. The smallest absolute Gasteiger partial charge is 0.354 e. The van der Waals surface area contributed by atoms with Crippen molar-refractivity contribution in [2.45, 2.75) is 20.8 Å². The average Bonchev–Trinajstić information content (AvgIpc) is 2.26. The first kappa shape index (κ1) is 13.0. The molecule has 1 aromatic heterocycles. The van der Waals surface area contributed by atoms with Gasteiger partial charge in [0.15, 0.2) is 5.69 Å². The van der Waals surface area contributed by atoms with Gasteiger partial charge < -0.3 is 10.4 Å². The summed E-state index contributed by atoms with van der Waals surface area (Å²) in [4.78, 5) is 26.4. The lowest BCUT2D eigenvalue weighted by Gasteiger charge is -2.11. The van der Waals surface area contributed by atoms with E-state index in [0.717, 1.165) is 16.5 Å². The van der Waals surface area contributed by atoms with E-state index in [-0.39, 0.29) is 11.6 Å². The van der Waals surface area contributed by atoms with E-state index in [0.29, 0.717) is 11.2 Å². The molecule has 0 aliphatic rings. The van der Waals surface area contributed by atoms with Gasteiger partial charge in [-0.25, -0.2) is 9.78 Å². The first-order valence-electron chi connectivity index (χ1n) is 5.81. The van der Waals surface area contributed by atoms with E-state index >= 15 is 0 Å². The Hall–Kier alpha value is -2.43. The molecule has 0 saturated carbocycles. The number of hydrogen-bond donors (Lipinski definition) is 2. The summed E-state index contributed by atoms with van der Waals surface area (Å²) in [5, 5.41) is 12.5. The summed E-state index contributed by atoms with van der Waals surface area (Å²) in [5.74, 6) is -1.36. The third-order valence-electron chi connectivity index (χ3n) is 2.78. The van der Waals surface area contributed by atoms with Gasteiger partial charge in [-0.05, 0) is 37.1 Å². The van der Waals surface area contributed by atoms with Gasteiger partial charge in [-0.2, -0.15) is 0 Å². The molecule has 0 atom stereocenters. The number of rotatable bonds is 2. The average molecular weight is 258 g/mol. The lowest BCUT2D eigenvalue weighted by Crippen LogP contribution is -2.10. The molecule has 0 saturated heterocycles. The Bertz CT molecular complexity index is 693. The van der Waals surface area contributed by atoms with Gasteiger partial charge in [-0.3, -0.25) is 4.79 Å². The molecular weight excluding hydrogens is 244 g/mol. The maximum absolute atomic E-state index is 11.2. The molecule has 0 unspecified atom stereocenters. The first-order valence-corrected chi connectivity index (χ1v) is 5.81. The standard InChI is InChI=1S/C14H14N2O3/c1-7-4-8(2)13-10(5-7)16-12(14(18)19)6-11(13)15-9(3)17/h4-6H,1-3H3,(H,18,19)(H,15,16,17). The summed E-state index contributed by atoms with van der Waals surface area (Å²) in [7, 11) is 0. The zero-order chi connectivity index (χ0) is 14.2. The number of aryl methyl sites for hydroxylation is 2. The molecule has 0 spiro atoms. The van der Waals surface area contributed by atoms with E-state index in [4.69, 9.17) is 5.11 Å². The Kier molecular flexibility index (Phi) is 3.21. The number of carbonyl (C=O) groups is 2. The number of anilines is 1. The van der Waals surface area contributed by atoms with Crippen LogP contribution < -0.4 is 5.32 Å². The zero-order valence-electron chi connectivity index (χ0n) is 10.9. The molecule has 98 valence electrons. The predicted octanol–water partition coefficient (Wildman–Crippen LogP) is 2.51. The highest BCUT2D eigenvalue weighted by Gasteiger charge is 2.13. The van der Waals surface area contributed by atoms with Gasteiger partial charge in [-0.1, -0.05) is 6.07 Å². The Morgan fingerprint density at radius 1 is 1.21 bits per heavy atom. The quantitative estimate of drug-likeness (QED) is 0.867. The van der Waals surface area contributed by atoms with Crippen molar-refractivity contribution in [3.8, 4) is 0 Å². The lowest BCUT2D eigenvalue weighted by molar-refractivity contribution is -0.114. The number of carboxylic acid groups (broad SMARTS) is 1. The number of hydrogen-bond acceptors (Lipinski definition) is 3. The van der Waals surface area contributed by atoms with Crippen molar-refractivity contribution >= 4 is 28.5 Å². The number of pyridine rings is 1. The number of aromatic carboxylic acids is 1. The number of nitrogens with zero attached hydrogens (tertiary/aromatic N) is 1. The third-order valence-corrected chi connectivity index (χ3v) is 2.78. The molecule has 1 heterocycles. The molecule has 1 amide bonds. The van der Waals surface area contributed by atoms with Crippen LogP contribution in [0.2, 0.25) is 0 Å². The van der Waals surface area contributed by atoms with E-state index in [1.807, 2.05) is 19.9 Å². The maximum atomic E-state index is 11.2. The zero-order valence-corrected chi connectivity index (χ0v) is 10.9. The molecule has 0 aliphatic heterocycles. The Balaban J connectivity index is 2.81. The summed E-state index contributed by atoms with van der Waals surface area (Å²) >= 11 is 0. The number of carbonyl (C=O) groups excluding carboxylic acids is 1. The van der Waals surface area contributed by atoms with E-state index < -0.39 is 5.97 Å². The van der Waals surface area contributed by atoms with Crippen LogP contribution in [0.3, 0.4) is 0 Å². The predicted molar refractivity (Wildman–Crippen MR) is 72.5 cm³/mol. The maximum Gasteiger partial charge on any atom is 0.354 e. The highest BCUT2D eigenvalue weighted by molar-refractivity contribution is 6.04. The van der Waals surface area contributed by atoms with E-state index in [1.165, 1.54) is 13.0 Å². The summed E-state index contributed by atoms with van der Waals surface area (Å²) in [6.07, 6.45) is 0. The highest BCUT2D eigenvalue weighted by atomic mass is 16.4. The molecule has 2 rings (SSSR count). The minimum Gasteiger partial charge on any atom is -0.477 e. The summed E-state index contributed by atoms with van der Waals surface area (Å²) < 4.78 is 0. The second kappa shape index (κ2) is 4.68. The number of amides is 1. The second-order valence-corrected chi connectivity index (χ2v) is 4.52. The van der Waals surface area contributed by atoms with Gasteiger partial charge in [0, 0.05) is 12.3 Å². The van der Waals surface area contributed by atoms with Crippen LogP contribution >= 0.6 is 0 Å². The van der Waals surface area contributed by atoms with Crippen LogP contribution in [-0.4, -0.2) is 22.0 Å². The summed E-state index contributed by atoms with van der Waals surface area (Å²) in [6, 6.07) is 5.16. The van der Waals surface area contributed by atoms with Gasteiger partial charge in [0.1, 0.15) is 0 Å². The molecule has 0 aliphatic carbocycles. The van der Waals surface area contributed by atoms with Gasteiger partial charge in [0.25, 0.3) is 0 Å². The van der Waals surface area contributed by atoms with Crippen molar-refractivity contribution in [1.82, 2.24) is 4.98 Å². The van der Waals surface area contributed by atoms with Crippen molar-refractivity contribution in [2.75, 3.05) is 5.32 Å². The van der Waals surface area contributed by atoms with Crippen LogP contribution in [0, 0.1) is 13.8 Å². The van der Waals surface area contributed by atoms with Crippen molar-refractivity contribution in [3.63, 3.8) is 0 Å². The number of fused-ring (bicyclic) bond motifs is 1. The van der Waals surface area contributed by atoms with E-state index in [2.05, 4.69) is 10.3 Å². The van der Waals surface area contributed by atoms with Crippen LogP contribution in [0.5, 0.6) is 0 Å². The minimum atomic E-state index is -1.12. The van der Waals surface area contributed by atoms with Crippen molar-refractivity contribution < 1.29 is 14.7 Å². The molecule has 2 N–H and O–H groups in total. The first-order chi connectivity index (χ1) is 8.88. The fourth-order valence-corrected chi connectivity index (χ4v) is 2.15. The Labute approximate surface area is 110 Å². The van der Waals surface area contributed by atoms with Crippen LogP contribution in [0.15, 0.2) is 18.2 Å². The third kappa shape index (κ3) is 2.54. The Morgan fingerprint density at radius 3 is 2.47 bits per heavy atom. The van der Waals surface area contributed by atoms with E-state index in [9.17, 15) is 9.59 Å². The van der Waals surface area contributed by atoms with Gasteiger partial charge >= 0.3 is 5.97 Å². The molecule has 0 radical (unpaired) electrons. The van der Waals surface area contributed by atoms with Crippen molar-refractivity contribution in [3.05, 3.63) is 35.0 Å². The van der Waals surface area contributed by atoms with Gasteiger partial charge in [-0.15, -0.1) is 0 Å². The van der Waals surface area contributed by atoms with Gasteiger partial charge in [0.05, 0.1) is 11.2 Å². The normalized spacial score (nSPS) is 10.5. The largest absolute Gasteiger partial charge is 0.477 e. The molecule has 5 heteroatoms. The summed E-state index contributed by atoms with van der Waals surface area (Å²) in [6.45, 7) is 5.21. The van der Waals surface area contributed by atoms with Crippen LogP contribution in [-0.2, 0) is 4.79 Å². The number of benzene rings is 1. The summed E-state index contributed by atoms with van der Waals surface area (Å²) in [5.41, 5.74) is 2.91. The number of carboxylic acids is 1. The van der Waals surface area contributed by atoms with Crippen LogP contribution in [0.4, 0.5) is 5.69 Å².